The minimum Gasteiger partial charge on any atom is -0.439 e. The average Bonchev–Trinajstić information content (AvgIpc) is 2.65. The molecule has 0 aliphatic carbocycles. The third-order valence-corrected chi connectivity index (χ3v) is 3.82. The molecule has 0 spiro atoms. The highest BCUT2D eigenvalue weighted by Crippen LogP contribution is 2.22. The van der Waals surface area contributed by atoms with Gasteiger partial charge in [-0.25, -0.2) is 4.98 Å². The van der Waals surface area contributed by atoms with Crippen LogP contribution in [0.15, 0.2) is 67.1 Å². The van der Waals surface area contributed by atoms with Gasteiger partial charge in [0.1, 0.15) is 5.75 Å². The molecule has 0 saturated heterocycles. The maximum atomic E-state index is 12.0. The zero-order chi connectivity index (χ0) is 18.4. The van der Waals surface area contributed by atoms with Gasteiger partial charge in [-0.05, 0) is 60.9 Å². The summed E-state index contributed by atoms with van der Waals surface area (Å²) in [7, 11) is 0. The van der Waals surface area contributed by atoms with E-state index in [2.05, 4.69) is 22.2 Å². The number of pyridine rings is 2. The van der Waals surface area contributed by atoms with Crippen LogP contribution in [0.1, 0.15) is 16.7 Å². The van der Waals surface area contributed by atoms with Gasteiger partial charge in [-0.3, -0.25) is 9.78 Å². The number of hydrogen-bond donors (Lipinski definition) is 1. The van der Waals surface area contributed by atoms with Crippen molar-refractivity contribution in [2.24, 2.45) is 0 Å². The molecule has 3 aromatic rings. The minimum absolute atomic E-state index is 0.238. The van der Waals surface area contributed by atoms with E-state index < -0.39 is 0 Å². The van der Waals surface area contributed by atoms with Crippen LogP contribution in [0.3, 0.4) is 0 Å². The first-order valence-corrected chi connectivity index (χ1v) is 8.20. The predicted molar refractivity (Wildman–Crippen MR) is 102 cm³/mol. The molecule has 1 amide bonds. The zero-order valence-corrected chi connectivity index (χ0v) is 14.6. The number of carbonyl (C=O) groups is 1. The number of anilines is 1. The van der Waals surface area contributed by atoms with E-state index in [-0.39, 0.29) is 5.91 Å². The van der Waals surface area contributed by atoms with Gasteiger partial charge in [-0.1, -0.05) is 12.1 Å². The number of aromatic nitrogens is 2. The van der Waals surface area contributed by atoms with Crippen LogP contribution >= 0.6 is 0 Å². The van der Waals surface area contributed by atoms with Crippen LogP contribution in [0.2, 0.25) is 0 Å². The molecule has 130 valence electrons. The van der Waals surface area contributed by atoms with E-state index in [1.807, 2.05) is 37.3 Å². The Morgan fingerprint density at radius 2 is 1.96 bits per heavy atom. The highest BCUT2D eigenvalue weighted by molar-refractivity contribution is 6.01. The molecule has 2 aromatic heterocycles. The second kappa shape index (κ2) is 8.07. The predicted octanol–water partition coefficient (Wildman–Crippen LogP) is 4.54. The van der Waals surface area contributed by atoms with Crippen LogP contribution in [-0.2, 0) is 4.79 Å². The summed E-state index contributed by atoms with van der Waals surface area (Å²) < 4.78 is 5.73. The number of aryl methyl sites for hydroxylation is 2. The molecule has 0 radical (unpaired) electrons. The summed E-state index contributed by atoms with van der Waals surface area (Å²) in [6, 6.07) is 13.0. The maximum Gasteiger partial charge on any atom is 0.248 e. The molecule has 5 nitrogen and oxygen atoms in total. The van der Waals surface area contributed by atoms with Crippen molar-refractivity contribution in [2.45, 2.75) is 13.8 Å². The van der Waals surface area contributed by atoms with Crippen molar-refractivity contribution in [1.29, 1.82) is 0 Å². The largest absolute Gasteiger partial charge is 0.439 e. The number of benzene rings is 1. The Labute approximate surface area is 152 Å². The summed E-state index contributed by atoms with van der Waals surface area (Å²) >= 11 is 0. The topological polar surface area (TPSA) is 64.1 Å². The SMILES string of the molecule is Cc1ccc(Oc2ccc(NC(=O)/C=C/c3cccnc3)cn2)cc1C. The molecule has 26 heavy (non-hydrogen) atoms. The first-order chi connectivity index (χ1) is 12.6. The number of hydrogen-bond acceptors (Lipinski definition) is 4. The van der Waals surface area contributed by atoms with Crippen molar-refractivity contribution in [3.8, 4) is 11.6 Å². The summed E-state index contributed by atoms with van der Waals surface area (Å²) in [6.07, 6.45) is 8.09. The lowest BCUT2D eigenvalue weighted by atomic mass is 10.1. The number of nitrogens with zero attached hydrogens (tertiary/aromatic N) is 2. The van der Waals surface area contributed by atoms with Gasteiger partial charge in [0.25, 0.3) is 0 Å². The van der Waals surface area contributed by atoms with Crippen LogP contribution in [0, 0.1) is 13.8 Å². The van der Waals surface area contributed by atoms with Gasteiger partial charge in [-0.15, -0.1) is 0 Å². The number of ether oxygens (including phenoxy) is 1. The summed E-state index contributed by atoms with van der Waals surface area (Å²) in [5.41, 5.74) is 3.82. The number of nitrogens with one attached hydrogen (secondary N) is 1. The smallest absolute Gasteiger partial charge is 0.248 e. The lowest BCUT2D eigenvalue weighted by Crippen LogP contribution is -2.07. The molecule has 0 unspecified atom stereocenters. The Kier molecular flexibility index (Phi) is 5.39. The first-order valence-electron chi connectivity index (χ1n) is 8.20. The highest BCUT2D eigenvalue weighted by Gasteiger charge is 2.03. The van der Waals surface area contributed by atoms with Gasteiger partial charge in [0, 0.05) is 24.5 Å². The molecule has 0 atom stereocenters. The van der Waals surface area contributed by atoms with E-state index in [0.29, 0.717) is 11.6 Å². The molecule has 0 bridgehead atoms. The Bertz CT molecular complexity index is 920. The molecular weight excluding hydrogens is 326 g/mol. The molecule has 1 aromatic carbocycles. The lowest BCUT2D eigenvalue weighted by Gasteiger charge is -2.08. The standard InChI is InChI=1S/C21H19N3O2/c1-15-5-8-19(12-16(15)2)26-21-10-7-18(14-23-21)24-20(25)9-6-17-4-3-11-22-13-17/h3-14H,1-2H3,(H,24,25)/b9-6+. The zero-order valence-electron chi connectivity index (χ0n) is 14.6. The van der Waals surface area contributed by atoms with Crippen molar-refractivity contribution >= 4 is 17.7 Å². The first kappa shape index (κ1) is 17.4. The van der Waals surface area contributed by atoms with Crippen LogP contribution in [-0.4, -0.2) is 15.9 Å². The number of amides is 1. The Morgan fingerprint density at radius 1 is 1.08 bits per heavy atom. The number of carbonyl (C=O) groups excluding carboxylic acids is 1. The van der Waals surface area contributed by atoms with E-state index in [4.69, 9.17) is 4.74 Å². The van der Waals surface area contributed by atoms with Crippen LogP contribution < -0.4 is 10.1 Å². The van der Waals surface area contributed by atoms with Gasteiger partial charge < -0.3 is 10.1 Å². The lowest BCUT2D eigenvalue weighted by molar-refractivity contribution is -0.111. The van der Waals surface area contributed by atoms with Crippen molar-refractivity contribution in [1.82, 2.24) is 9.97 Å². The van der Waals surface area contributed by atoms with Crippen molar-refractivity contribution in [3.63, 3.8) is 0 Å². The molecule has 5 heteroatoms. The van der Waals surface area contributed by atoms with Crippen molar-refractivity contribution in [2.75, 3.05) is 5.32 Å². The van der Waals surface area contributed by atoms with E-state index in [1.165, 1.54) is 11.6 Å². The molecule has 0 aliphatic heterocycles. The highest BCUT2D eigenvalue weighted by atomic mass is 16.5. The van der Waals surface area contributed by atoms with Gasteiger partial charge >= 0.3 is 0 Å². The van der Waals surface area contributed by atoms with Crippen molar-refractivity contribution < 1.29 is 9.53 Å². The fraction of sp³-hybridized carbons (Fsp3) is 0.0952. The van der Waals surface area contributed by atoms with Gasteiger partial charge in [-0.2, -0.15) is 0 Å². The average molecular weight is 345 g/mol. The third-order valence-electron chi connectivity index (χ3n) is 3.82. The van der Waals surface area contributed by atoms with Crippen molar-refractivity contribution in [3.05, 3.63) is 83.8 Å². The third kappa shape index (κ3) is 4.77. The summed E-state index contributed by atoms with van der Waals surface area (Å²) in [5.74, 6) is 0.965. The molecule has 0 fully saturated rings. The normalized spacial score (nSPS) is 10.7. The van der Waals surface area contributed by atoms with Gasteiger partial charge in [0.15, 0.2) is 0 Å². The fourth-order valence-electron chi connectivity index (χ4n) is 2.24. The van der Waals surface area contributed by atoms with Crippen LogP contribution in [0.4, 0.5) is 5.69 Å². The van der Waals surface area contributed by atoms with E-state index in [1.54, 1.807) is 36.8 Å². The van der Waals surface area contributed by atoms with E-state index >= 15 is 0 Å². The number of rotatable bonds is 5. The second-order valence-corrected chi connectivity index (χ2v) is 5.84. The van der Waals surface area contributed by atoms with E-state index in [0.717, 1.165) is 16.9 Å². The Morgan fingerprint density at radius 3 is 2.65 bits per heavy atom. The molecule has 0 saturated carbocycles. The Balaban J connectivity index is 1.59. The fourth-order valence-corrected chi connectivity index (χ4v) is 2.24. The summed E-state index contributed by atoms with van der Waals surface area (Å²) in [5, 5.41) is 2.76. The maximum absolute atomic E-state index is 12.0. The molecule has 0 aliphatic rings. The minimum atomic E-state index is -0.238. The molecule has 3 rings (SSSR count). The molecule has 2 heterocycles. The monoisotopic (exact) mass is 345 g/mol. The molecular formula is C21H19N3O2. The second-order valence-electron chi connectivity index (χ2n) is 5.84. The van der Waals surface area contributed by atoms with Crippen LogP contribution in [0.5, 0.6) is 11.6 Å². The van der Waals surface area contributed by atoms with Crippen LogP contribution in [0.25, 0.3) is 6.08 Å². The van der Waals surface area contributed by atoms with Gasteiger partial charge in [0.05, 0.1) is 11.9 Å². The van der Waals surface area contributed by atoms with E-state index in [9.17, 15) is 4.79 Å². The van der Waals surface area contributed by atoms with Gasteiger partial charge in [0.2, 0.25) is 11.8 Å². The Hall–Kier alpha value is -3.47. The molecule has 1 N–H and O–H groups in total. The summed E-state index contributed by atoms with van der Waals surface area (Å²) in [4.78, 5) is 20.2. The quantitative estimate of drug-likeness (QED) is 0.690. The summed E-state index contributed by atoms with van der Waals surface area (Å²) in [6.45, 7) is 4.09.